The highest BCUT2D eigenvalue weighted by Crippen LogP contribution is 2.35. The Balaban J connectivity index is 1.51. The predicted octanol–water partition coefficient (Wildman–Crippen LogP) is 4.84. The van der Waals surface area contributed by atoms with E-state index in [-0.39, 0.29) is 24.2 Å². The van der Waals surface area contributed by atoms with Gasteiger partial charge in [0.25, 0.3) is 5.91 Å². The number of halogens is 3. The lowest BCUT2D eigenvalue weighted by molar-refractivity contribution is -0.137. The molecule has 1 aliphatic rings. The third-order valence-corrected chi connectivity index (χ3v) is 5.35. The number of pyridine rings is 1. The van der Waals surface area contributed by atoms with Gasteiger partial charge in [-0.25, -0.2) is 0 Å². The first-order valence-corrected chi connectivity index (χ1v) is 9.77. The summed E-state index contributed by atoms with van der Waals surface area (Å²) in [7, 11) is 0. The fourth-order valence-electron chi connectivity index (χ4n) is 3.75. The summed E-state index contributed by atoms with van der Waals surface area (Å²) in [4.78, 5) is 18.9. The van der Waals surface area contributed by atoms with Gasteiger partial charge in [0.2, 0.25) is 0 Å². The lowest BCUT2D eigenvalue weighted by atomic mass is 10.1. The number of fused-ring (bicyclic) bond motifs is 1. The molecule has 4 aromatic rings. The highest BCUT2D eigenvalue weighted by Gasteiger charge is 2.35. The minimum atomic E-state index is -4.44. The van der Waals surface area contributed by atoms with Crippen LogP contribution in [0.25, 0.3) is 22.6 Å². The average Bonchev–Trinajstić information content (AvgIpc) is 3.44. The number of nitrogens with zero attached hydrogens (tertiary/aromatic N) is 5. The van der Waals surface area contributed by atoms with Crippen LogP contribution >= 0.6 is 0 Å². The van der Waals surface area contributed by atoms with Crippen LogP contribution in [0.15, 0.2) is 65.6 Å². The minimum absolute atomic E-state index is 0.195. The van der Waals surface area contributed by atoms with Gasteiger partial charge < -0.3 is 9.42 Å². The molecule has 0 fully saturated rings. The van der Waals surface area contributed by atoms with Gasteiger partial charge in [0.1, 0.15) is 11.4 Å². The Morgan fingerprint density at radius 3 is 2.59 bits per heavy atom. The van der Waals surface area contributed by atoms with Gasteiger partial charge in [-0.05, 0) is 43.3 Å². The van der Waals surface area contributed by atoms with Crippen LogP contribution in [0.4, 0.5) is 18.9 Å². The molecule has 7 nitrogen and oxygen atoms in total. The van der Waals surface area contributed by atoms with Gasteiger partial charge in [0, 0.05) is 36.3 Å². The summed E-state index contributed by atoms with van der Waals surface area (Å²) in [6.45, 7) is 2.15. The number of alkyl halides is 3. The molecule has 32 heavy (non-hydrogen) atoms. The summed E-state index contributed by atoms with van der Waals surface area (Å²) in [5, 5.41) is 8.40. The first-order chi connectivity index (χ1) is 15.3. The molecule has 0 radical (unpaired) electrons. The fourth-order valence-corrected chi connectivity index (χ4v) is 3.75. The Morgan fingerprint density at radius 1 is 1.12 bits per heavy atom. The zero-order chi connectivity index (χ0) is 22.5. The van der Waals surface area contributed by atoms with E-state index in [1.165, 1.54) is 23.2 Å². The second-order valence-electron chi connectivity index (χ2n) is 7.48. The second-order valence-corrected chi connectivity index (χ2v) is 7.48. The van der Waals surface area contributed by atoms with Crippen LogP contribution in [-0.2, 0) is 6.18 Å². The molecule has 1 atom stereocenters. The van der Waals surface area contributed by atoms with E-state index in [1.54, 1.807) is 29.2 Å². The van der Waals surface area contributed by atoms with Crippen molar-refractivity contribution in [3.8, 4) is 22.6 Å². The maximum Gasteiger partial charge on any atom is 0.416 e. The van der Waals surface area contributed by atoms with Crippen LogP contribution in [0.2, 0.25) is 0 Å². The van der Waals surface area contributed by atoms with E-state index in [4.69, 9.17) is 4.52 Å². The molecule has 0 aliphatic carbocycles. The Labute approximate surface area is 180 Å². The molecular formula is C22H16F3N5O2. The molecule has 1 aromatic carbocycles. The van der Waals surface area contributed by atoms with Gasteiger partial charge in [0.15, 0.2) is 5.76 Å². The third-order valence-electron chi connectivity index (χ3n) is 5.35. The number of carbonyl (C=O) groups excluding carboxylic acids is 1. The molecule has 5 rings (SSSR count). The van der Waals surface area contributed by atoms with Gasteiger partial charge in [-0.1, -0.05) is 5.16 Å². The summed E-state index contributed by atoms with van der Waals surface area (Å²) < 4.78 is 45.8. The molecule has 162 valence electrons. The highest BCUT2D eigenvalue weighted by molar-refractivity contribution is 6.09. The fraction of sp³-hybridized carbons (Fsp3) is 0.182. The minimum Gasteiger partial charge on any atom is -0.356 e. The van der Waals surface area contributed by atoms with Crippen LogP contribution < -0.4 is 4.90 Å². The smallest absolute Gasteiger partial charge is 0.356 e. The Morgan fingerprint density at radius 2 is 1.91 bits per heavy atom. The largest absolute Gasteiger partial charge is 0.416 e. The standard InChI is InChI=1S/C22H16F3N5O2/c1-13-12-29(16-6-4-15(5-7-16)22(23,24)25)21(31)20-17(11-27-30(13)20)19-9-18(28-32-19)14-3-2-8-26-10-14/h2-11,13H,12H2,1H3. The first-order valence-electron chi connectivity index (χ1n) is 9.77. The lowest BCUT2D eigenvalue weighted by Crippen LogP contribution is -2.42. The summed E-state index contributed by atoms with van der Waals surface area (Å²) in [5.74, 6) is -0.0189. The van der Waals surface area contributed by atoms with Gasteiger partial charge >= 0.3 is 6.18 Å². The molecule has 10 heteroatoms. The maximum absolute atomic E-state index is 13.3. The van der Waals surface area contributed by atoms with Crippen molar-refractivity contribution < 1.29 is 22.5 Å². The van der Waals surface area contributed by atoms with E-state index in [9.17, 15) is 18.0 Å². The number of benzene rings is 1. The first kappa shape index (κ1) is 20.0. The maximum atomic E-state index is 13.3. The SMILES string of the molecule is CC1CN(c2ccc(C(F)(F)F)cc2)C(=O)c2c(-c3cc(-c4cccnc4)no3)cnn21. The van der Waals surface area contributed by atoms with Crippen LogP contribution in [0.3, 0.4) is 0 Å². The van der Waals surface area contributed by atoms with Crippen molar-refractivity contribution in [2.45, 2.75) is 19.1 Å². The van der Waals surface area contributed by atoms with Gasteiger partial charge in [0.05, 0.1) is 23.4 Å². The number of rotatable bonds is 3. The number of carbonyl (C=O) groups is 1. The van der Waals surface area contributed by atoms with Gasteiger partial charge in [-0.15, -0.1) is 0 Å². The number of hydrogen-bond donors (Lipinski definition) is 0. The van der Waals surface area contributed by atoms with Crippen LogP contribution in [0.5, 0.6) is 0 Å². The predicted molar refractivity (Wildman–Crippen MR) is 109 cm³/mol. The Hall–Kier alpha value is -3.95. The quantitative estimate of drug-likeness (QED) is 0.457. The average molecular weight is 439 g/mol. The van der Waals surface area contributed by atoms with Crippen molar-refractivity contribution in [3.63, 3.8) is 0 Å². The number of aromatic nitrogens is 4. The summed E-state index contributed by atoms with van der Waals surface area (Å²) in [6, 6.07) is 9.65. The van der Waals surface area contributed by atoms with Crippen molar-refractivity contribution in [1.29, 1.82) is 0 Å². The van der Waals surface area contributed by atoms with Crippen LogP contribution in [0.1, 0.15) is 29.0 Å². The van der Waals surface area contributed by atoms with Crippen molar-refractivity contribution in [2.75, 3.05) is 11.4 Å². The van der Waals surface area contributed by atoms with E-state index < -0.39 is 11.7 Å². The monoisotopic (exact) mass is 439 g/mol. The number of amides is 1. The Kier molecular flexibility index (Phi) is 4.58. The zero-order valence-electron chi connectivity index (χ0n) is 16.7. The van der Waals surface area contributed by atoms with Crippen molar-refractivity contribution in [2.24, 2.45) is 0 Å². The summed E-state index contributed by atoms with van der Waals surface area (Å²) >= 11 is 0. The van der Waals surface area contributed by atoms with Crippen LogP contribution in [0, 0.1) is 0 Å². The number of anilines is 1. The molecule has 0 saturated carbocycles. The number of hydrogen-bond acceptors (Lipinski definition) is 5. The second kappa shape index (κ2) is 7.33. The normalized spacial score (nSPS) is 16.3. The molecule has 0 bridgehead atoms. The summed E-state index contributed by atoms with van der Waals surface area (Å²) in [5.41, 5.74) is 1.67. The molecule has 1 aliphatic heterocycles. The molecule has 0 saturated heterocycles. The highest BCUT2D eigenvalue weighted by atomic mass is 19.4. The molecule has 1 unspecified atom stereocenters. The van der Waals surface area contributed by atoms with Crippen molar-refractivity contribution in [3.05, 3.63) is 72.3 Å². The molecule has 0 N–H and O–H groups in total. The molecular weight excluding hydrogens is 423 g/mol. The van der Waals surface area contributed by atoms with E-state index in [0.29, 0.717) is 22.7 Å². The summed E-state index contributed by atoms with van der Waals surface area (Å²) in [6.07, 6.45) is 0.387. The van der Waals surface area contributed by atoms with Crippen molar-refractivity contribution >= 4 is 11.6 Å². The van der Waals surface area contributed by atoms with Crippen LogP contribution in [-0.4, -0.2) is 32.4 Å². The van der Waals surface area contributed by atoms with E-state index >= 15 is 0 Å². The molecule has 0 spiro atoms. The van der Waals surface area contributed by atoms with Gasteiger partial charge in [-0.3, -0.25) is 14.5 Å². The zero-order valence-corrected chi connectivity index (χ0v) is 16.7. The van der Waals surface area contributed by atoms with E-state index in [2.05, 4.69) is 15.2 Å². The molecule has 1 amide bonds. The van der Waals surface area contributed by atoms with E-state index in [1.807, 2.05) is 13.0 Å². The third kappa shape index (κ3) is 3.33. The van der Waals surface area contributed by atoms with E-state index in [0.717, 1.165) is 17.7 Å². The van der Waals surface area contributed by atoms with Crippen molar-refractivity contribution in [1.82, 2.24) is 19.9 Å². The topological polar surface area (TPSA) is 77.1 Å². The Bertz CT molecular complexity index is 1280. The van der Waals surface area contributed by atoms with Gasteiger partial charge in [-0.2, -0.15) is 18.3 Å². The molecule has 3 aromatic heterocycles. The lowest BCUT2D eigenvalue weighted by Gasteiger charge is -2.32. The molecule has 4 heterocycles.